The predicted molar refractivity (Wildman–Crippen MR) is 87.9 cm³/mol. The van der Waals surface area contributed by atoms with Crippen LogP contribution in [0.3, 0.4) is 0 Å². The van der Waals surface area contributed by atoms with Crippen molar-refractivity contribution in [1.82, 2.24) is 15.1 Å². The molecule has 8 heteroatoms. The lowest BCUT2D eigenvalue weighted by Gasteiger charge is -2.18. The van der Waals surface area contributed by atoms with Crippen LogP contribution in [0.25, 0.3) is 11.5 Å². The van der Waals surface area contributed by atoms with Gasteiger partial charge in [0.1, 0.15) is 0 Å². The molecule has 0 radical (unpaired) electrons. The Morgan fingerprint density at radius 2 is 2.30 bits per heavy atom. The zero-order chi connectivity index (χ0) is 16.8. The Morgan fingerprint density at radius 3 is 3.00 bits per heavy atom. The first-order chi connectivity index (χ1) is 11.0. The minimum atomic E-state index is -0.383. The van der Waals surface area contributed by atoms with Crippen LogP contribution in [0.15, 0.2) is 33.9 Å². The summed E-state index contributed by atoms with van der Waals surface area (Å²) in [6, 6.07) is 9.12. The van der Waals surface area contributed by atoms with E-state index in [1.165, 1.54) is 16.7 Å². The number of aromatic nitrogens is 2. The summed E-state index contributed by atoms with van der Waals surface area (Å²) in [5, 5.41) is 17.0. The maximum absolute atomic E-state index is 12.2. The first-order valence-electron chi connectivity index (χ1n) is 6.89. The van der Waals surface area contributed by atoms with E-state index in [1.54, 1.807) is 32.2 Å². The molecule has 0 N–H and O–H groups in total. The summed E-state index contributed by atoms with van der Waals surface area (Å²) in [5.41, 5.74) is 0.724. The Bertz CT molecular complexity index is 728. The fourth-order valence-corrected chi connectivity index (χ4v) is 2.82. The molecule has 0 spiro atoms. The lowest BCUT2D eigenvalue weighted by Crippen LogP contribution is -2.33. The third-order valence-corrected chi connectivity index (χ3v) is 4.20. The number of hydrogen-bond acceptors (Lipinski definition) is 6. The molecular weight excluding hydrogens is 336 g/mol. The molecule has 1 aromatic carbocycles. The first-order valence-corrected chi connectivity index (χ1v) is 8.15. The summed E-state index contributed by atoms with van der Waals surface area (Å²) in [5.74, 6) is 0.264. The van der Waals surface area contributed by atoms with Crippen molar-refractivity contribution in [3.63, 3.8) is 0 Å². The monoisotopic (exact) mass is 350 g/mol. The highest BCUT2D eigenvalue weighted by atomic mass is 35.5. The molecule has 1 aromatic heterocycles. The number of carbonyl (C=O) groups is 1. The lowest BCUT2D eigenvalue weighted by atomic mass is 10.2. The largest absolute Gasteiger partial charge is 0.411 e. The van der Waals surface area contributed by atoms with E-state index in [1.807, 2.05) is 12.1 Å². The van der Waals surface area contributed by atoms with Crippen LogP contribution in [0.4, 0.5) is 0 Å². The normalized spacial score (nSPS) is 11.7. The van der Waals surface area contributed by atoms with Gasteiger partial charge in [0.25, 0.3) is 5.22 Å². The van der Waals surface area contributed by atoms with E-state index < -0.39 is 0 Å². The van der Waals surface area contributed by atoms with Gasteiger partial charge in [-0.05, 0) is 25.1 Å². The molecule has 120 valence electrons. The fourth-order valence-electron chi connectivity index (χ4n) is 1.84. The number of nitrogens with zero attached hydrogens (tertiary/aromatic N) is 4. The Hall–Kier alpha value is -2.04. The Morgan fingerprint density at radius 1 is 1.52 bits per heavy atom. The van der Waals surface area contributed by atoms with Gasteiger partial charge in [-0.3, -0.25) is 4.79 Å². The zero-order valence-corrected chi connectivity index (χ0v) is 14.3. The van der Waals surface area contributed by atoms with Crippen molar-refractivity contribution in [3.05, 3.63) is 29.3 Å². The number of thioether (sulfide) groups is 1. The van der Waals surface area contributed by atoms with Crippen molar-refractivity contribution < 1.29 is 9.21 Å². The van der Waals surface area contributed by atoms with Gasteiger partial charge < -0.3 is 9.32 Å². The molecule has 0 fully saturated rings. The van der Waals surface area contributed by atoms with Gasteiger partial charge >= 0.3 is 0 Å². The van der Waals surface area contributed by atoms with E-state index in [4.69, 9.17) is 21.3 Å². The Labute approximate surface area is 143 Å². The average molecular weight is 351 g/mol. The molecule has 1 amide bonds. The van der Waals surface area contributed by atoms with Gasteiger partial charge in [-0.15, -0.1) is 10.2 Å². The molecule has 0 saturated carbocycles. The van der Waals surface area contributed by atoms with E-state index in [0.717, 1.165) is 5.56 Å². The van der Waals surface area contributed by atoms with Crippen molar-refractivity contribution in [2.45, 2.75) is 23.8 Å². The van der Waals surface area contributed by atoms with Crippen molar-refractivity contribution in [2.24, 2.45) is 0 Å². The zero-order valence-electron chi connectivity index (χ0n) is 12.7. The molecule has 0 aliphatic carbocycles. The summed E-state index contributed by atoms with van der Waals surface area (Å²) in [7, 11) is 1.67. The quantitative estimate of drug-likeness (QED) is 0.744. The van der Waals surface area contributed by atoms with E-state index >= 15 is 0 Å². The van der Waals surface area contributed by atoms with Gasteiger partial charge in [-0.25, -0.2) is 0 Å². The van der Waals surface area contributed by atoms with Gasteiger partial charge in [0, 0.05) is 24.2 Å². The molecule has 0 bridgehead atoms. The van der Waals surface area contributed by atoms with Crippen LogP contribution in [0.5, 0.6) is 0 Å². The maximum atomic E-state index is 12.2. The number of amides is 1. The van der Waals surface area contributed by atoms with Gasteiger partial charge in [-0.2, -0.15) is 5.26 Å². The van der Waals surface area contributed by atoms with Crippen molar-refractivity contribution >= 4 is 29.3 Å². The predicted octanol–water partition coefficient (Wildman–Crippen LogP) is 3.24. The van der Waals surface area contributed by atoms with Crippen molar-refractivity contribution in [2.75, 3.05) is 13.6 Å². The van der Waals surface area contributed by atoms with E-state index in [2.05, 4.69) is 10.2 Å². The maximum Gasteiger partial charge on any atom is 0.277 e. The fraction of sp³-hybridized carbons (Fsp3) is 0.333. The summed E-state index contributed by atoms with van der Waals surface area (Å²) in [6.07, 6.45) is 0.305. The first kappa shape index (κ1) is 17.3. The van der Waals surface area contributed by atoms with E-state index in [9.17, 15) is 4.79 Å². The third kappa shape index (κ3) is 4.71. The van der Waals surface area contributed by atoms with Gasteiger partial charge in [0.15, 0.2) is 0 Å². The van der Waals surface area contributed by atoms with Crippen molar-refractivity contribution in [1.29, 1.82) is 5.26 Å². The van der Waals surface area contributed by atoms with Gasteiger partial charge in [0.05, 0.1) is 17.7 Å². The molecule has 0 unspecified atom stereocenters. The minimum Gasteiger partial charge on any atom is -0.411 e. The molecule has 23 heavy (non-hydrogen) atoms. The van der Waals surface area contributed by atoms with Crippen LogP contribution >= 0.6 is 23.4 Å². The number of halogens is 1. The van der Waals surface area contributed by atoms with Crippen LogP contribution < -0.4 is 0 Å². The number of benzene rings is 1. The van der Waals surface area contributed by atoms with Crippen LogP contribution in [0, 0.1) is 11.3 Å². The second-order valence-electron chi connectivity index (χ2n) is 4.81. The van der Waals surface area contributed by atoms with E-state index in [-0.39, 0.29) is 11.2 Å². The minimum absolute atomic E-state index is 0.0900. The van der Waals surface area contributed by atoms with Gasteiger partial charge in [-0.1, -0.05) is 29.4 Å². The Balaban J connectivity index is 2.01. The van der Waals surface area contributed by atoms with Crippen LogP contribution in [-0.2, 0) is 4.79 Å². The van der Waals surface area contributed by atoms with E-state index in [0.29, 0.717) is 29.1 Å². The number of rotatable bonds is 6. The summed E-state index contributed by atoms with van der Waals surface area (Å²) < 4.78 is 5.57. The highest BCUT2D eigenvalue weighted by molar-refractivity contribution is 8.00. The number of hydrogen-bond donors (Lipinski definition) is 0. The molecule has 1 heterocycles. The Kier molecular flexibility index (Phi) is 6.02. The summed E-state index contributed by atoms with van der Waals surface area (Å²) in [6.45, 7) is 2.16. The van der Waals surface area contributed by atoms with Crippen LogP contribution in [0.1, 0.15) is 13.3 Å². The van der Waals surface area contributed by atoms with Crippen molar-refractivity contribution in [3.8, 4) is 17.5 Å². The number of carbonyl (C=O) groups excluding carboxylic acids is 1. The molecule has 1 atom stereocenters. The smallest absolute Gasteiger partial charge is 0.277 e. The molecule has 2 rings (SSSR count). The SMILES string of the molecule is C[C@H](Sc1nnc(-c2cccc(Cl)c2)o1)C(=O)N(C)CCC#N. The van der Waals surface area contributed by atoms with Gasteiger partial charge in [0.2, 0.25) is 11.8 Å². The highest BCUT2D eigenvalue weighted by Gasteiger charge is 2.21. The topological polar surface area (TPSA) is 83.0 Å². The lowest BCUT2D eigenvalue weighted by molar-refractivity contribution is -0.128. The summed E-state index contributed by atoms with van der Waals surface area (Å²) >= 11 is 7.12. The second kappa shape index (κ2) is 7.99. The second-order valence-corrected chi connectivity index (χ2v) is 6.54. The third-order valence-electron chi connectivity index (χ3n) is 3.04. The van der Waals surface area contributed by atoms with Crippen LogP contribution in [0.2, 0.25) is 5.02 Å². The summed E-state index contributed by atoms with van der Waals surface area (Å²) in [4.78, 5) is 13.7. The highest BCUT2D eigenvalue weighted by Crippen LogP contribution is 2.27. The molecule has 0 aliphatic rings. The molecule has 6 nitrogen and oxygen atoms in total. The average Bonchev–Trinajstić information content (AvgIpc) is 3.00. The molecule has 0 saturated heterocycles. The molecule has 2 aromatic rings. The van der Waals surface area contributed by atoms with Crippen LogP contribution in [-0.4, -0.2) is 39.8 Å². The molecular formula is C15H15ClN4O2S. The number of nitriles is 1. The standard InChI is InChI=1S/C15H15ClN4O2S/c1-10(14(21)20(2)8-4-7-17)23-15-19-18-13(22-15)11-5-3-6-12(16)9-11/h3,5-6,9-10H,4,8H2,1-2H3/t10-/m0/s1. The molecule has 0 aliphatic heterocycles.